The molecule has 0 radical (unpaired) electrons. The molecule has 1 heterocycles. The van der Waals surface area contributed by atoms with E-state index in [0.29, 0.717) is 13.0 Å². The summed E-state index contributed by atoms with van der Waals surface area (Å²) in [6.07, 6.45) is 3.00. The third-order valence-corrected chi connectivity index (χ3v) is 3.29. The van der Waals surface area contributed by atoms with E-state index in [4.69, 9.17) is 4.74 Å². The quantitative estimate of drug-likeness (QED) is 0.670. The van der Waals surface area contributed by atoms with Crippen LogP contribution in [0.1, 0.15) is 32.6 Å². The van der Waals surface area contributed by atoms with Crippen LogP contribution in [0.25, 0.3) is 0 Å². The standard InChI is InChI=1S/C13H23NO4/c1-3-18-13(16)11-6-9-14(10-7-11)8-4-5-12(15)17-2/h11H,3-10H2,1-2H3. The Morgan fingerprint density at radius 1 is 1.28 bits per heavy atom. The minimum absolute atomic E-state index is 0.0572. The summed E-state index contributed by atoms with van der Waals surface area (Å²) < 4.78 is 9.62. The van der Waals surface area contributed by atoms with Gasteiger partial charge in [0.05, 0.1) is 19.6 Å². The van der Waals surface area contributed by atoms with Gasteiger partial charge in [0, 0.05) is 6.42 Å². The van der Waals surface area contributed by atoms with Crippen molar-refractivity contribution in [3.05, 3.63) is 0 Å². The lowest BCUT2D eigenvalue weighted by Gasteiger charge is -2.30. The molecule has 1 aliphatic heterocycles. The zero-order valence-electron chi connectivity index (χ0n) is 11.3. The molecule has 0 bridgehead atoms. The number of carbonyl (C=O) groups excluding carboxylic acids is 2. The number of carbonyl (C=O) groups is 2. The van der Waals surface area contributed by atoms with Crippen LogP contribution in [0.5, 0.6) is 0 Å². The van der Waals surface area contributed by atoms with Crippen molar-refractivity contribution in [3.8, 4) is 0 Å². The van der Waals surface area contributed by atoms with Crippen LogP contribution in [0.3, 0.4) is 0 Å². The lowest BCUT2D eigenvalue weighted by atomic mass is 9.97. The van der Waals surface area contributed by atoms with E-state index < -0.39 is 0 Å². The summed E-state index contributed by atoms with van der Waals surface area (Å²) in [5, 5.41) is 0. The Kier molecular flexibility index (Phi) is 6.72. The largest absolute Gasteiger partial charge is 0.469 e. The molecule has 1 aliphatic rings. The van der Waals surface area contributed by atoms with Crippen molar-refractivity contribution in [3.63, 3.8) is 0 Å². The number of likely N-dealkylation sites (tertiary alicyclic amines) is 1. The zero-order valence-corrected chi connectivity index (χ0v) is 11.3. The van der Waals surface area contributed by atoms with Crippen molar-refractivity contribution in [1.29, 1.82) is 0 Å². The second-order valence-electron chi connectivity index (χ2n) is 4.55. The van der Waals surface area contributed by atoms with Crippen LogP contribution in [0.4, 0.5) is 0 Å². The van der Waals surface area contributed by atoms with Gasteiger partial charge in [-0.05, 0) is 45.8 Å². The highest BCUT2D eigenvalue weighted by molar-refractivity contribution is 5.72. The van der Waals surface area contributed by atoms with Gasteiger partial charge in [0.2, 0.25) is 0 Å². The third kappa shape index (κ3) is 5.04. The summed E-state index contributed by atoms with van der Waals surface area (Å²) in [6, 6.07) is 0. The fraction of sp³-hybridized carbons (Fsp3) is 0.846. The number of methoxy groups -OCH3 is 1. The molecule has 18 heavy (non-hydrogen) atoms. The van der Waals surface area contributed by atoms with Crippen molar-refractivity contribution in [2.45, 2.75) is 32.6 Å². The molecule has 5 nitrogen and oxygen atoms in total. The van der Waals surface area contributed by atoms with Gasteiger partial charge in [0.15, 0.2) is 0 Å². The van der Waals surface area contributed by atoms with Crippen LogP contribution in [-0.2, 0) is 19.1 Å². The molecule has 0 aromatic heterocycles. The van der Waals surface area contributed by atoms with Crippen LogP contribution < -0.4 is 0 Å². The summed E-state index contributed by atoms with van der Waals surface area (Å²) in [5.41, 5.74) is 0. The molecule has 1 saturated heterocycles. The molecule has 1 fully saturated rings. The van der Waals surface area contributed by atoms with Gasteiger partial charge >= 0.3 is 11.9 Å². The first-order chi connectivity index (χ1) is 8.67. The van der Waals surface area contributed by atoms with E-state index >= 15 is 0 Å². The van der Waals surface area contributed by atoms with Crippen LogP contribution in [-0.4, -0.2) is 50.2 Å². The molecule has 0 N–H and O–H groups in total. The SMILES string of the molecule is CCOC(=O)C1CCN(CCCC(=O)OC)CC1. The van der Waals surface area contributed by atoms with Gasteiger partial charge in [0.1, 0.15) is 0 Å². The molecular formula is C13H23NO4. The summed E-state index contributed by atoms with van der Waals surface area (Å²) in [4.78, 5) is 24.8. The molecule has 5 heteroatoms. The Balaban J connectivity index is 2.15. The van der Waals surface area contributed by atoms with Gasteiger partial charge in [-0.3, -0.25) is 9.59 Å². The van der Waals surface area contributed by atoms with E-state index in [2.05, 4.69) is 9.64 Å². The maximum Gasteiger partial charge on any atom is 0.309 e. The summed E-state index contributed by atoms with van der Waals surface area (Å²) >= 11 is 0. The van der Waals surface area contributed by atoms with E-state index in [-0.39, 0.29) is 17.9 Å². The highest BCUT2D eigenvalue weighted by Gasteiger charge is 2.25. The van der Waals surface area contributed by atoms with E-state index in [9.17, 15) is 9.59 Å². The number of ether oxygens (including phenoxy) is 2. The second-order valence-corrected chi connectivity index (χ2v) is 4.55. The number of nitrogens with zero attached hydrogens (tertiary/aromatic N) is 1. The molecule has 0 aliphatic carbocycles. The molecule has 0 aromatic rings. The first kappa shape index (κ1) is 15.0. The van der Waals surface area contributed by atoms with Gasteiger partial charge in [0.25, 0.3) is 0 Å². The number of hydrogen-bond donors (Lipinski definition) is 0. The average Bonchev–Trinajstić information content (AvgIpc) is 2.39. The van der Waals surface area contributed by atoms with Crippen LogP contribution in [0, 0.1) is 5.92 Å². The fourth-order valence-corrected chi connectivity index (χ4v) is 2.20. The zero-order chi connectivity index (χ0) is 13.4. The normalized spacial score (nSPS) is 17.4. The lowest BCUT2D eigenvalue weighted by molar-refractivity contribution is -0.149. The van der Waals surface area contributed by atoms with E-state index in [1.54, 1.807) is 0 Å². The molecule has 0 atom stereocenters. The van der Waals surface area contributed by atoms with Crippen LogP contribution in [0.2, 0.25) is 0 Å². The summed E-state index contributed by atoms with van der Waals surface area (Å²) in [5.74, 6) is -0.162. The van der Waals surface area contributed by atoms with Crippen molar-refractivity contribution in [2.24, 2.45) is 5.92 Å². The van der Waals surface area contributed by atoms with Crippen LogP contribution >= 0.6 is 0 Å². The van der Waals surface area contributed by atoms with E-state index in [1.165, 1.54) is 7.11 Å². The second kappa shape index (κ2) is 8.08. The maximum atomic E-state index is 11.5. The number of rotatable bonds is 6. The van der Waals surface area contributed by atoms with Crippen molar-refractivity contribution in [1.82, 2.24) is 4.90 Å². The first-order valence-corrected chi connectivity index (χ1v) is 6.63. The Bertz CT molecular complexity index is 272. The van der Waals surface area contributed by atoms with Crippen molar-refractivity contribution >= 4 is 11.9 Å². The molecule has 1 rings (SSSR count). The summed E-state index contributed by atoms with van der Waals surface area (Å²) in [7, 11) is 1.41. The van der Waals surface area contributed by atoms with Crippen LogP contribution in [0.15, 0.2) is 0 Å². The predicted molar refractivity (Wildman–Crippen MR) is 67.0 cm³/mol. The molecular weight excluding hydrogens is 234 g/mol. The van der Waals surface area contributed by atoms with Gasteiger partial charge < -0.3 is 14.4 Å². The van der Waals surface area contributed by atoms with E-state index in [1.807, 2.05) is 6.92 Å². The van der Waals surface area contributed by atoms with Gasteiger partial charge in [-0.1, -0.05) is 0 Å². The molecule has 0 saturated carbocycles. The molecule has 0 spiro atoms. The predicted octanol–water partition coefficient (Wildman–Crippen LogP) is 1.21. The van der Waals surface area contributed by atoms with Crippen molar-refractivity contribution < 1.29 is 19.1 Å². The monoisotopic (exact) mass is 257 g/mol. The topological polar surface area (TPSA) is 55.8 Å². The highest BCUT2D eigenvalue weighted by atomic mass is 16.5. The van der Waals surface area contributed by atoms with Gasteiger partial charge in [-0.2, -0.15) is 0 Å². The van der Waals surface area contributed by atoms with Gasteiger partial charge in [-0.15, -0.1) is 0 Å². The number of esters is 2. The van der Waals surface area contributed by atoms with E-state index in [0.717, 1.165) is 38.9 Å². The average molecular weight is 257 g/mol. The highest BCUT2D eigenvalue weighted by Crippen LogP contribution is 2.18. The number of piperidine rings is 1. The smallest absolute Gasteiger partial charge is 0.309 e. The molecule has 0 amide bonds. The third-order valence-electron chi connectivity index (χ3n) is 3.29. The number of hydrogen-bond acceptors (Lipinski definition) is 5. The maximum absolute atomic E-state index is 11.5. The molecule has 0 aromatic carbocycles. The minimum Gasteiger partial charge on any atom is -0.469 e. The Morgan fingerprint density at radius 3 is 2.50 bits per heavy atom. The molecule has 0 unspecified atom stereocenters. The Morgan fingerprint density at radius 2 is 1.94 bits per heavy atom. The van der Waals surface area contributed by atoms with Gasteiger partial charge in [-0.25, -0.2) is 0 Å². The Hall–Kier alpha value is -1.10. The Labute approximate surface area is 108 Å². The van der Waals surface area contributed by atoms with Crippen molar-refractivity contribution in [2.75, 3.05) is 33.4 Å². The summed E-state index contributed by atoms with van der Waals surface area (Å²) in [6.45, 7) is 5.00. The first-order valence-electron chi connectivity index (χ1n) is 6.63. The lowest BCUT2D eigenvalue weighted by Crippen LogP contribution is -2.37. The fourth-order valence-electron chi connectivity index (χ4n) is 2.20. The molecule has 104 valence electrons. The minimum atomic E-state index is -0.156.